The van der Waals surface area contributed by atoms with Crippen LogP contribution in [0.5, 0.6) is 0 Å². The number of rotatable bonds is 3. The second-order valence-corrected chi connectivity index (χ2v) is 3.98. The fourth-order valence-electron chi connectivity index (χ4n) is 2.29. The second kappa shape index (κ2) is 4.80. The molecule has 3 nitrogen and oxygen atoms in total. The van der Waals surface area contributed by atoms with E-state index < -0.39 is 0 Å². The van der Waals surface area contributed by atoms with E-state index in [1.807, 2.05) is 13.3 Å². The quantitative estimate of drug-likeness (QED) is 0.742. The van der Waals surface area contributed by atoms with Crippen LogP contribution in [-0.4, -0.2) is 32.4 Å². The molecule has 0 aromatic heterocycles. The Kier molecular flexibility index (Phi) is 3.43. The Morgan fingerprint density at radius 1 is 1.43 bits per heavy atom. The van der Waals surface area contributed by atoms with Crippen LogP contribution >= 0.6 is 0 Å². The van der Waals surface area contributed by atoms with Gasteiger partial charge in [-0.15, -0.1) is 0 Å². The Morgan fingerprint density at radius 2 is 2.36 bits per heavy atom. The number of hydrogen-bond acceptors (Lipinski definition) is 3. The van der Waals surface area contributed by atoms with E-state index in [1.165, 1.54) is 18.4 Å². The molecule has 14 heavy (non-hydrogen) atoms. The van der Waals surface area contributed by atoms with E-state index in [0.29, 0.717) is 12.1 Å². The lowest BCUT2D eigenvalue weighted by Gasteiger charge is -2.27. The zero-order chi connectivity index (χ0) is 9.80. The minimum Gasteiger partial charge on any atom is -0.501 e. The predicted molar refractivity (Wildman–Crippen MR) is 55.1 cm³/mol. The first-order valence-electron chi connectivity index (χ1n) is 5.51. The summed E-state index contributed by atoms with van der Waals surface area (Å²) in [6.45, 7) is 1.78. The van der Waals surface area contributed by atoms with Gasteiger partial charge in [0, 0.05) is 6.61 Å². The molecule has 2 aliphatic heterocycles. The summed E-state index contributed by atoms with van der Waals surface area (Å²) >= 11 is 0. The first kappa shape index (κ1) is 9.99. The van der Waals surface area contributed by atoms with Crippen molar-refractivity contribution in [3.63, 3.8) is 0 Å². The molecule has 2 atom stereocenters. The predicted octanol–water partition coefficient (Wildman–Crippen LogP) is 1.45. The van der Waals surface area contributed by atoms with Crippen molar-refractivity contribution in [1.29, 1.82) is 0 Å². The highest BCUT2D eigenvalue weighted by molar-refractivity contribution is 5.12. The van der Waals surface area contributed by atoms with E-state index in [0.717, 1.165) is 26.1 Å². The van der Waals surface area contributed by atoms with Crippen molar-refractivity contribution in [2.75, 3.05) is 20.3 Å². The number of ether oxygens (including phenoxy) is 2. The third-order valence-corrected chi connectivity index (χ3v) is 3.01. The topological polar surface area (TPSA) is 30.5 Å². The lowest BCUT2D eigenvalue weighted by atomic mass is 9.96. The number of nitrogens with one attached hydrogen (secondary N) is 1. The Balaban J connectivity index is 1.99. The van der Waals surface area contributed by atoms with Gasteiger partial charge in [-0.3, -0.25) is 0 Å². The number of likely N-dealkylation sites (N-methyl/N-ethyl adjacent to an activating group) is 1. The van der Waals surface area contributed by atoms with Crippen molar-refractivity contribution in [3.8, 4) is 0 Å². The molecule has 0 spiro atoms. The minimum absolute atomic E-state index is 0.355. The van der Waals surface area contributed by atoms with Crippen LogP contribution in [0.2, 0.25) is 0 Å². The lowest BCUT2D eigenvalue weighted by Crippen LogP contribution is -2.39. The third kappa shape index (κ3) is 2.10. The maximum atomic E-state index is 5.70. The van der Waals surface area contributed by atoms with Crippen LogP contribution in [0.25, 0.3) is 0 Å². The summed E-state index contributed by atoms with van der Waals surface area (Å²) in [4.78, 5) is 0. The third-order valence-electron chi connectivity index (χ3n) is 3.01. The van der Waals surface area contributed by atoms with Gasteiger partial charge >= 0.3 is 0 Å². The standard InChI is InChI=1S/C11H19NO2/c1-12-11(10-5-3-7-14-10)9-4-2-6-13-8-9/h8,10-12H,2-7H2,1H3. The fraction of sp³-hybridized carbons (Fsp3) is 0.818. The Labute approximate surface area is 85.5 Å². The fourth-order valence-corrected chi connectivity index (χ4v) is 2.29. The van der Waals surface area contributed by atoms with Crippen LogP contribution in [0.1, 0.15) is 25.7 Å². The van der Waals surface area contributed by atoms with E-state index in [9.17, 15) is 0 Å². The highest BCUT2D eigenvalue weighted by Gasteiger charge is 2.28. The van der Waals surface area contributed by atoms with Crippen LogP contribution in [0.15, 0.2) is 11.8 Å². The molecule has 2 aliphatic rings. The molecule has 3 heteroatoms. The molecule has 2 rings (SSSR count). The first-order chi connectivity index (χ1) is 6.92. The van der Waals surface area contributed by atoms with Gasteiger partial charge in [-0.2, -0.15) is 0 Å². The molecule has 1 fully saturated rings. The van der Waals surface area contributed by atoms with E-state index >= 15 is 0 Å². The highest BCUT2D eigenvalue weighted by Crippen LogP contribution is 2.24. The van der Waals surface area contributed by atoms with Gasteiger partial charge < -0.3 is 14.8 Å². The molecule has 0 aliphatic carbocycles. The molecular weight excluding hydrogens is 178 g/mol. The zero-order valence-corrected chi connectivity index (χ0v) is 8.79. The minimum atomic E-state index is 0.355. The maximum absolute atomic E-state index is 5.70. The van der Waals surface area contributed by atoms with Gasteiger partial charge in [-0.05, 0) is 38.3 Å². The maximum Gasteiger partial charge on any atom is 0.0876 e. The molecule has 0 radical (unpaired) electrons. The molecule has 2 unspecified atom stereocenters. The van der Waals surface area contributed by atoms with Crippen molar-refractivity contribution in [2.45, 2.75) is 37.8 Å². The van der Waals surface area contributed by atoms with Gasteiger partial charge in [-0.25, -0.2) is 0 Å². The second-order valence-electron chi connectivity index (χ2n) is 3.98. The van der Waals surface area contributed by atoms with Gasteiger partial charge in [-0.1, -0.05) is 0 Å². The monoisotopic (exact) mass is 197 g/mol. The summed E-state index contributed by atoms with van der Waals surface area (Å²) in [5, 5.41) is 3.34. The van der Waals surface area contributed by atoms with Crippen molar-refractivity contribution in [2.24, 2.45) is 0 Å². The van der Waals surface area contributed by atoms with E-state index in [1.54, 1.807) is 0 Å². The Bertz CT molecular complexity index is 209. The van der Waals surface area contributed by atoms with Gasteiger partial charge in [0.2, 0.25) is 0 Å². The molecular formula is C11H19NO2. The van der Waals surface area contributed by atoms with Gasteiger partial charge in [0.15, 0.2) is 0 Å². The molecule has 2 heterocycles. The van der Waals surface area contributed by atoms with Crippen LogP contribution in [0.3, 0.4) is 0 Å². The van der Waals surface area contributed by atoms with Crippen LogP contribution in [-0.2, 0) is 9.47 Å². The van der Waals surface area contributed by atoms with Crippen molar-refractivity contribution < 1.29 is 9.47 Å². The highest BCUT2D eigenvalue weighted by atomic mass is 16.5. The Hall–Kier alpha value is -0.540. The normalized spacial score (nSPS) is 29.5. The molecule has 0 amide bonds. The summed E-state index contributed by atoms with van der Waals surface area (Å²) in [5.74, 6) is 0. The first-order valence-corrected chi connectivity index (χ1v) is 5.51. The smallest absolute Gasteiger partial charge is 0.0876 e. The van der Waals surface area contributed by atoms with Crippen molar-refractivity contribution in [3.05, 3.63) is 11.8 Å². The summed E-state index contributed by atoms with van der Waals surface area (Å²) in [7, 11) is 2.00. The molecule has 0 saturated carbocycles. The average Bonchev–Trinajstić information content (AvgIpc) is 2.74. The van der Waals surface area contributed by atoms with Gasteiger partial charge in [0.25, 0.3) is 0 Å². The molecule has 0 aromatic rings. The van der Waals surface area contributed by atoms with E-state index in [-0.39, 0.29) is 0 Å². The largest absolute Gasteiger partial charge is 0.501 e. The van der Waals surface area contributed by atoms with Crippen molar-refractivity contribution in [1.82, 2.24) is 5.32 Å². The molecule has 1 N–H and O–H groups in total. The average molecular weight is 197 g/mol. The SMILES string of the molecule is CNC(C1=COCCC1)C1CCCO1. The summed E-state index contributed by atoms with van der Waals surface area (Å²) in [6.07, 6.45) is 6.92. The molecule has 0 bridgehead atoms. The number of hydrogen-bond donors (Lipinski definition) is 1. The molecule has 0 aromatic carbocycles. The summed E-state index contributed by atoms with van der Waals surface area (Å²) < 4.78 is 11.1. The van der Waals surface area contributed by atoms with Crippen LogP contribution < -0.4 is 5.32 Å². The summed E-state index contributed by atoms with van der Waals surface area (Å²) in [5.41, 5.74) is 1.37. The van der Waals surface area contributed by atoms with Gasteiger partial charge in [0.05, 0.1) is 25.0 Å². The zero-order valence-electron chi connectivity index (χ0n) is 8.79. The Morgan fingerprint density at radius 3 is 2.93 bits per heavy atom. The summed E-state index contributed by atoms with van der Waals surface area (Å²) in [6, 6.07) is 0.359. The lowest BCUT2D eigenvalue weighted by molar-refractivity contribution is 0.0859. The van der Waals surface area contributed by atoms with Crippen LogP contribution in [0, 0.1) is 0 Å². The molecule has 1 saturated heterocycles. The van der Waals surface area contributed by atoms with Crippen LogP contribution in [0.4, 0.5) is 0 Å². The van der Waals surface area contributed by atoms with E-state index in [4.69, 9.17) is 9.47 Å². The van der Waals surface area contributed by atoms with Crippen molar-refractivity contribution >= 4 is 0 Å². The van der Waals surface area contributed by atoms with Gasteiger partial charge in [0.1, 0.15) is 0 Å². The molecule has 80 valence electrons. The van der Waals surface area contributed by atoms with E-state index in [2.05, 4.69) is 5.32 Å².